The first-order chi connectivity index (χ1) is 10.1. The standard InChI is InChI=1S/C14H15ClN4O2/c1-9-12(14(21)19-17-9)5-6-13(20)18-16-8-10-3-2-4-11(15)7-10/h2-4,7-8,12,17H,1,5-6H2,(H,18,20)(H,19,21). The summed E-state index contributed by atoms with van der Waals surface area (Å²) >= 11 is 5.84. The number of nitrogens with one attached hydrogen (secondary N) is 3. The zero-order valence-corrected chi connectivity index (χ0v) is 12.0. The number of amides is 2. The zero-order valence-electron chi connectivity index (χ0n) is 11.2. The van der Waals surface area contributed by atoms with Crippen LogP contribution in [0.4, 0.5) is 0 Å². The smallest absolute Gasteiger partial charge is 0.247 e. The minimum absolute atomic E-state index is 0.171. The van der Waals surface area contributed by atoms with Crippen molar-refractivity contribution in [2.75, 3.05) is 0 Å². The van der Waals surface area contributed by atoms with Crippen molar-refractivity contribution in [3.8, 4) is 0 Å². The largest absolute Gasteiger partial charge is 0.303 e. The average Bonchev–Trinajstić information content (AvgIpc) is 2.76. The Bertz CT molecular complexity index is 584. The second-order valence-electron chi connectivity index (χ2n) is 4.58. The van der Waals surface area contributed by atoms with Crippen molar-refractivity contribution in [2.24, 2.45) is 11.0 Å². The summed E-state index contributed by atoms with van der Waals surface area (Å²) in [6.45, 7) is 3.71. The molecule has 1 aromatic rings. The van der Waals surface area contributed by atoms with Crippen LogP contribution >= 0.6 is 11.6 Å². The summed E-state index contributed by atoms with van der Waals surface area (Å²) in [6, 6.07) is 7.10. The van der Waals surface area contributed by atoms with Crippen LogP contribution in [0.5, 0.6) is 0 Å². The molecule has 3 N–H and O–H groups in total. The highest BCUT2D eigenvalue weighted by molar-refractivity contribution is 6.30. The molecule has 2 amide bonds. The third-order valence-electron chi connectivity index (χ3n) is 2.99. The summed E-state index contributed by atoms with van der Waals surface area (Å²) in [5, 5.41) is 4.44. The van der Waals surface area contributed by atoms with Crippen LogP contribution in [0.25, 0.3) is 0 Å². The first-order valence-electron chi connectivity index (χ1n) is 6.38. The van der Waals surface area contributed by atoms with Crippen LogP contribution in [-0.4, -0.2) is 18.0 Å². The van der Waals surface area contributed by atoms with Gasteiger partial charge in [0.15, 0.2) is 0 Å². The fourth-order valence-electron chi connectivity index (χ4n) is 1.88. The van der Waals surface area contributed by atoms with E-state index in [9.17, 15) is 9.59 Å². The monoisotopic (exact) mass is 306 g/mol. The first-order valence-corrected chi connectivity index (χ1v) is 6.76. The van der Waals surface area contributed by atoms with Crippen molar-refractivity contribution in [1.82, 2.24) is 16.3 Å². The Morgan fingerprint density at radius 3 is 2.95 bits per heavy atom. The number of rotatable bonds is 5. The van der Waals surface area contributed by atoms with Gasteiger partial charge in [-0.3, -0.25) is 15.0 Å². The Kier molecular flexibility index (Phi) is 4.94. The van der Waals surface area contributed by atoms with Gasteiger partial charge in [0.25, 0.3) is 0 Å². The van der Waals surface area contributed by atoms with E-state index in [1.165, 1.54) is 6.21 Å². The highest BCUT2D eigenvalue weighted by Crippen LogP contribution is 2.17. The number of carbonyl (C=O) groups excluding carboxylic acids is 2. The van der Waals surface area contributed by atoms with Crippen LogP contribution in [0.15, 0.2) is 41.6 Å². The molecule has 1 heterocycles. The summed E-state index contributed by atoms with van der Waals surface area (Å²) in [5.74, 6) is -0.816. The van der Waals surface area contributed by atoms with Crippen molar-refractivity contribution in [2.45, 2.75) is 12.8 Å². The Labute approximate surface area is 127 Å². The van der Waals surface area contributed by atoms with E-state index in [4.69, 9.17) is 11.6 Å². The lowest BCUT2D eigenvalue weighted by Gasteiger charge is -2.05. The predicted octanol–water partition coefficient (Wildman–Crippen LogP) is 1.33. The molecule has 1 aliphatic heterocycles. The van der Waals surface area contributed by atoms with Crippen LogP contribution in [-0.2, 0) is 9.59 Å². The van der Waals surface area contributed by atoms with Gasteiger partial charge in [0.1, 0.15) is 0 Å². The molecule has 21 heavy (non-hydrogen) atoms. The van der Waals surface area contributed by atoms with Gasteiger partial charge < -0.3 is 5.43 Å². The normalized spacial score (nSPS) is 17.7. The molecule has 0 aliphatic carbocycles. The summed E-state index contributed by atoms with van der Waals surface area (Å²) in [6.07, 6.45) is 2.08. The maximum Gasteiger partial charge on any atom is 0.247 e. The topological polar surface area (TPSA) is 82.6 Å². The van der Waals surface area contributed by atoms with Gasteiger partial charge in [-0.25, -0.2) is 5.43 Å². The molecule has 0 bridgehead atoms. The highest BCUT2D eigenvalue weighted by Gasteiger charge is 2.27. The van der Waals surface area contributed by atoms with Crippen molar-refractivity contribution >= 4 is 29.6 Å². The predicted molar refractivity (Wildman–Crippen MR) is 80.3 cm³/mol. The SMILES string of the molecule is C=C1NNC(=O)C1CCC(=O)NN=Cc1cccc(Cl)c1. The second-order valence-corrected chi connectivity index (χ2v) is 5.02. The molecule has 1 aliphatic rings. The minimum Gasteiger partial charge on any atom is -0.303 e. The van der Waals surface area contributed by atoms with Crippen molar-refractivity contribution < 1.29 is 9.59 Å². The average molecular weight is 307 g/mol. The van der Waals surface area contributed by atoms with Crippen molar-refractivity contribution in [1.29, 1.82) is 0 Å². The van der Waals surface area contributed by atoms with Crippen molar-refractivity contribution in [3.63, 3.8) is 0 Å². The molecule has 0 spiro atoms. The van der Waals surface area contributed by atoms with Gasteiger partial charge >= 0.3 is 0 Å². The van der Waals surface area contributed by atoms with Gasteiger partial charge in [-0.2, -0.15) is 5.10 Å². The third-order valence-corrected chi connectivity index (χ3v) is 3.23. The van der Waals surface area contributed by atoms with E-state index < -0.39 is 0 Å². The van der Waals surface area contributed by atoms with Crippen molar-refractivity contribution in [3.05, 3.63) is 47.1 Å². The Hall–Kier alpha value is -2.34. The van der Waals surface area contributed by atoms with Crippen LogP contribution in [0.1, 0.15) is 18.4 Å². The molecule has 1 saturated heterocycles. The fraction of sp³-hybridized carbons (Fsp3) is 0.214. The maximum absolute atomic E-state index is 11.6. The van der Waals surface area contributed by atoms with Gasteiger partial charge in [0, 0.05) is 17.1 Å². The van der Waals surface area contributed by atoms with E-state index in [0.29, 0.717) is 17.1 Å². The number of nitrogens with zero attached hydrogens (tertiary/aromatic N) is 1. The molecule has 0 saturated carbocycles. The summed E-state index contributed by atoms with van der Waals surface area (Å²) in [5.41, 5.74) is 8.87. The zero-order chi connectivity index (χ0) is 15.2. The molecule has 7 heteroatoms. The van der Waals surface area contributed by atoms with E-state index >= 15 is 0 Å². The Balaban J connectivity index is 1.77. The molecular weight excluding hydrogens is 292 g/mol. The van der Waals surface area contributed by atoms with Crippen LogP contribution in [0.2, 0.25) is 5.02 Å². The quantitative estimate of drug-likeness (QED) is 0.567. The maximum atomic E-state index is 11.6. The minimum atomic E-state index is -0.382. The van der Waals surface area contributed by atoms with Crippen LogP contribution < -0.4 is 16.3 Å². The van der Waals surface area contributed by atoms with Gasteiger partial charge in [0.2, 0.25) is 11.8 Å². The summed E-state index contributed by atoms with van der Waals surface area (Å²) < 4.78 is 0. The molecule has 2 rings (SSSR count). The summed E-state index contributed by atoms with van der Waals surface area (Å²) in [4.78, 5) is 23.1. The molecule has 1 aromatic carbocycles. The number of halogens is 1. The molecule has 0 radical (unpaired) electrons. The van der Waals surface area contributed by atoms with E-state index in [2.05, 4.69) is 28.0 Å². The molecule has 110 valence electrons. The molecule has 6 nitrogen and oxygen atoms in total. The van der Waals surface area contributed by atoms with Gasteiger partial charge in [0.05, 0.1) is 12.1 Å². The highest BCUT2D eigenvalue weighted by atomic mass is 35.5. The number of benzene rings is 1. The number of hydrazine groups is 1. The molecule has 0 aromatic heterocycles. The molecule has 1 atom stereocenters. The molecule has 1 unspecified atom stereocenters. The lowest BCUT2D eigenvalue weighted by Crippen LogP contribution is -2.26. The fourth-order valence-corrected chi connectivity index (χ4v) is 2.08. The number of carbonyl (C=O) groups is 2. The number of hydrogen-bond acceptors (Lipinski definition) is 4. The van der Waals surface area contributed by atoms with Gasteiger partial charge in [-0.05, 0) is 24.1 Å². The lowest BCUT2D eigenvalue weighted by atomic mass is 10.0. The second kappa shape index (κ2) is 6.90. The van der Waals surface area contributed by atoms with Crippen LogP contribution in [0.3, 0.4) is 0 Å². The lowest BCUT2D eigenvalue weighted by molar-refractivity contribution is -0.123. The van der Waals surface area contributed by atoms with E-state index in [1.807, 2.05) is 6.07 Å². The van der Waals surface area contributed by atoms with Gasteiger partial charge in [-0.1, -0.05) is 30.3 Å². The molecule has 1 fully saturated rings. The van der Waals surface area contributed by atoms with E-state index in [-0.39, 0.29) is 24.2 Å². The molecular formula is C14H15ClN4O2. The van der Waals surface area contributed by atoms with Crippen LogP contribution in [0, 0.1) is 5.92 Å². The Morgan fingerprint density at radius 1 is 1.48 bits per heavy atom. The van der Waals surface area contributed by atoms with E-state index in [0.717, 1.165) is 5.56 Å². The number of hydrogen-bond donors (Lipinski definition) is 3. The van der Waals surface area contributed by atoms with E-state index in [1.54, 1.807) is 18.2 Å². The third kappa shape index (κ3) is 4.32. The van der Waals surface area contributed by atoms with Gasteiger partial charge in [-0.15, -0.1) is 0 Å². The Morgan fingerprint density at radius 2 is 2.29 bits per heavy atom. The summed E-state index contributed by atoms with van der Waals surface area (Å²) in [7, 11) is 0. The number of hydrazone groups is 1. The first kappa shape index (κ1) is 15.1.